The molecule has 4 aliphatic rings. The minimum atomic E-state index is -1.44. The van der Waals surface area contributed by atoms with Gasteiger partial charge in [-0.3, -0.25) is 29.9 Å². The number of rotatable bonds is 5. The topological polar surface area (TPSA) is 125 Å². The van der Waals surface area contributed by atoms with Crippen molar-refractivity contribution in [1.29, 1.82) is 0 Å². The standard InChI is InChI=1S/C34H29Br2N3O6/c1-16-8-10-18(11-9-16)38-39-32(43)23-14-21-19(12-13-20-25(21)31(42)37-30(20)41)26(22-15-24(45-2)29(40)28(36)27(22)35)34(23,33(39)44)17-6-4-3-5-7-17/h3-12,15,20-21,23,25-26,38,40H,13-14H2,1-2H3,(H,37,41,42)/t20-,21+,23-,25-,26+,34+/m0/s1. The summed E-state index contributed by atoms with van der Waals surface area (Å²) >= 11 is 7.17. The number of carbonyl (C=O) groups is 4. The molecule has 3 aromatic carbocycles. The van der Waals surface area contributed by atoms with Gasteiger partial charge in [0.25, 0.3) is 11.8 Å². The Morgan fingerprint density at radius 3 is 2.38 bits per heavy atom. The first-order valence-electron chi connectivity index (χ1n) is 14.7. The number of allylic oxidation sites excluding steroid dienone is 2. The molecule has 45 heavy (non-hydrogen) atoms. The maximum atomic E-state index is 15.1. The highest BCUT2D eigenvalue weighted by Crippen LogP contribution is 2.65. The lowest BCUT2D eigenvalue weighted by molar-refractivity contribution is -0.138. The van der Waals surface area contributed by atoms with Crippen LogP contribution in [0, 0.1) is 30.6 Å². The molecule has 2 aliphatic heterocycles. The van der Waals surface area contributed by atoms with Gasteiger partial charge in [-0.05, 0) is 86.9 Å². The summed E-state index contributed by atoms with van der Waals surface area (Å²) in [6.07, 6.45) is 2.49. The van der Waals surface area contributed by atoms with Gasteiger partial charge in [-0.2, -0.15) is 5.01 Å². The number of hydrogen-bond acceptors (Lipinski definition) is 7. The first-order valence-corrected chi connectivity index (χ1v) is 16.2. The van der Waals surface area contributed by atoms with Crippen LogP contribution in [0.25, 0.3) is 0 Å². The van der Waals surface area contributed by atoms with E-state index >= 15 is 4.79 Å². The van der Waals surface area contributed by atoms with Crippen LogP contribution in [0.4, 0.5) is 5.69 Å². The first kappa shape index (κ1) is 29.7. The fourth-order valence-electron chi connectivity index (χ4n) is 7.98. The van der Waals surface area contributed by atoms with Crippen molar-refractivity contribution in [2.45, 2.75) is 31.1 Å². The van der Waals surface area contributed by atoms with E-state index < -0.39 is 46.8 Å². The second-order valence-corrected chi connectivity index (χ2v) is 13.7. The molecule has 230 valence electrons. The molecule has 0 radical (unpaired) electrons. The van der Waals surface area contributed by atoms with E-state index in [9.17, 15) is 19.5 Å². The SMILES string of the molecule is COc1cc([C@H]2C3=CC[C@@H]4C(=O)NC(=O)[C@@H]4[C@@H]3C[C@H]3C(=O)N(Nc4ccc(C)cc4)C(=O)[C@@]23c2ccccc2)c(Br)c(Br)c1O. The second-order valence-electron chi connectivity index (χ2n) is 12.1. The molecule has 2 heterocycles. The molecule has 9 nitrogen and oxygen atoms in total. The number of benzene rings is 3. The molecule has 3 aromatic rings. The van der Waals surface area contributed by atoms with Crippen LogP contribution in [0.5, 0.6) is 11.5 Å². The van der Waals surface area contributed by atoms with Crippen LogP contribution in [0.3, 0.4) is 0 Å². The van der Waals surface area contributed by atoms with E-state index in [4.69, 9.17) is 4.74 Å². The number of amides is 4. The van der Waals surface area contributed by atoms with Crippen molar-refractivity contribution in [2.24, 2.45) is 23.7 Å². The van der Waals surface area contributed by atoms with E-state index in [-0.39, 0.29) is 29.7 Å². The molecule has 0 aromatic heterocycles. The summed E-state index contributed by atoms with van der Waals surface area (Å²) in [5, 5.41) is 14.5. The van der Waals surface area contributed by atoms with E-state index in [1.165, 1.54) is 7.11 Å². The van der Waals surface area contributed by atoms with Gasteiger partial charge < -0.3 is 9.84 Å². The van der Waals surface area contributed by atoms with Gasteiger partial charge in [0, 0.05) is 10.4 Å². The highest BCUT2D eigenvalue weighted by Gasteiger charge is 2.70. The fourth-order valence-corrected chi connectivity index (χ4v) is 8.94. The fraction of sp³-hybridized carbons (Fsp3) is 0.294. The molecule has 3 fully saturated rings. The van der Waals surface area contributed by atoms with Crippen LogP contribution in [0.15, 0.2) is 81.3 Å². The number of hydrogen-bond donors (Lipinski definition) is 3. The van der Waals surface area contributed by atoms with E-state index in [2.05, 4.69) is 42.6 Å². The molecule has 3 N–H and O–H groups in total. The molecule has 1 saturated carbocycles. The number of nitrogens with one attached hydrogen (secondary N) is 2. The van der Waals surface area contributed by atoms with Gasteiger partial charge in [-0.15, -0.1) is 0 Å². The van der Waals surface area contributed by atoms with Crippen LogP contribution in [-0.4, -0.2) is 40.9 Å². The zero-order valence-corrected chi connectivity index (χ0v) is 27.5. The van der Waals surface area contributed by atoms with E-state index in [0.29, 0.717) is 32.2 Å². The van der Waals surface area contributed by atoms with Crippen molar-refractivity contribution in [1.82, 2.24) is 10.3 Å². The van der Waals surface area contributed by atoms with Crippen LogP contribution in [-0.2, 0) is 24.6 Å². The number of methoxy groups -OCH3 is 1. The van der Waals surface area contributed by atoms with Crippen molar-refractivity contribution < 1.29 is 29.0 Å². The Kier molecular flexibility index (Phi) is 7.16. The molecule has 0 unspecified atom stereocenters. The first-order chi connectivity index (χ1) is 21.6. The average Bonchev–Trinajstić information content (AvgIpc) is 3.45. The molecular formula is C34H29Br2N3O6. The number of phenolic OH excluding ortho intramolecular Hbond substituents is 1. The number of ether oxygens (including phenoxy) is 1. The summed E-state index contributed by atoms with van der Waals surface area (Å²) in [5.41, 5.74) is 5.31. The number of imide groups is 2. The normalized spacial score (nSPS) is 28.7. The van der Waals surface area contributed by atoms with E-state index in [0.717, 1.165) is 16.1 Å². The summed E-state index contributed by atoms with van der Waals surface area (Å²) in [7, 11) is 1.44. The minimum absolute atomic E-state index is 0.124. The predicted molar refractivity (Wildman–Crippen MR) is 172 cm³/mol. The van der Waals surface area contributed by atoms with Crippen molar-refractivity contribution >= 4 is 61.2 Å². The van der Waals surface area contributed by atoms with Crippen molar-refractivity contribution in [3.8, 4) is 11.5 Å². The third-order valence-electron chi connectivity index (χ3n) is 9.94. The van der Waals surface area contributed by atoms with Crippen LogP contribution in [0.1, 0.15) is 35.4 Å². The van der Waals surface area contributed by atoms with Crippen LogP contribution < -0.4 is 15.5 Å². The van der Waals surface area contributed by atoms with Gasteiger partial charge in [0.2, 0.25) is 11.8 Å². The molecule has 2 saturated heterocycles. The number of fused-ring (bicyclic) bond motifs is 4. The van der Waals surface area contributed by atoms with E-state index in [1.54, 1.807) is 6.07 Å². The number of halogens is 2. The molecule has 0 bridgehead atoms. The lowest BCUT2D eigenvalue weighted by Crippen LogP contribution is -2.53. The van der Waals surface area contributed by atoms with Gasteiger partial charge in [-0.25, -0.2) is 0 Å². The summed E-state index contributed by atoms with van der Waals surface area (Å²) in [6, 6.07) is 18.3. The number of carbonyl (C=O) groups excluding carboxylic acids is 4. The highest BCUT2D eigenvalue weighted by molar-refractivity contribution is 9.13. The summed E-state index contributed by atoms with van der Waals surface area (Å²) in [4.78, 5) is 55.8. The number of aryl methyl sites for hydroxylation is 1. The minimum Gasteiger partial charge on any atom is -0.503 e. The maximum Gasteiger partial charge on any atom is 0.260 e. The van der Waals surface area contributed by atoms with E-state index in [1.807, 2.05) is 67.6 Å². The summed E-state index contributed by atoms with van der Waals surface area (Å²) in [6.45, 7) is 1.95. The predicted octanol–water partition coefficient (Wildman–Crippen LogP) is 5.51. The summed E-state index contributed by atoms with van der Waals surface area (Å²) < 4.78 is 6.37. The smallest absolute Gasteiger partial charge is 0.260 e. The lowest BCUT2D eigenvalue weighted by atomic mass is 9.49. The Labute approximate surface area is 276 Å². The van der Waals surface area contributed by atoms with Gasteiger partial charge in [0.15, 0.2) is 11.5 Å². The van der Waals surface area contributed by atoms with Crippen LogP contribution in [0.2, 0.25) is 0 Å². The van der Waals surface area contributed by atoms with Crippen LogP contribution >= 0.6 is 31.9 Å². The Morgan fingerprint density at radius 2 is 1.69 bits per heavy atom. The maximum absolute atomic E-state index is 15.1. The molecule has 2 aliphatic carbocycles. The summed E-state index contributed by atoms with van der Waals surface area (Å²) in [5.74, 6) is -4.82. The second kappa shape index (κ2) is 10.8. The highest BCUT2D eigenvalue weighted by atomic mass is 79.9. The lowest BCUT2D eigenvalue weighted by Gasteiger charge is -2.51. The van der Waals surface area contributed by atoms with Gasteiger partial charge >= 0.3 is 0 Å². The number of anilines is 1. The number of nitrogens with zero attached hydrogens (tertiary/aromatic N) is 1. The van der Waals surface area contributed by atoms with Crippen molar-refractivity contribution in [2.75, 3.05) is 12.5 Å². The molecule has 4 amide bonds. The molecule has 6 atom stereocenters. The average molecular weight is 735 g/mol. The Bertz CT molecular complexity index is 1810. The number of hydrazine groups is 1. The van der Waals surface area contributed by atoms with Crippen molar-refractivity contribution in [3.63, 3.8) is 0 Å². The van der Waals surface area contributed by atoms with Gasteiger partial charge in [0.1, 0.15) is 0 Å². The zero-order chi connectivity index (χ0) is 31.8. The van der Waals surface area contributed by atoms with Gasteiger partial charge in [-0.1, -0.05) is 59.7 Å². The number of phenols is 1. The largest absolute Gasteiger partial charge is 0.503 e. The third kappa shape index (κ3) is 4.23. The third-order valence-corrected chi connectivity index (χ3v) is 12.1. The molecule has 0 spiro atoms. The molecular weight excluding hydrogens is 706 g/mol. The Balaban J connectivity index is 1.51. The quantitative estimate of drug-likeness (QED) is 0.234. The molecule has 11 heteroatoms. The Morgan fingerprint density at radius 1 is 0.978 bits per heavy atom. The monoisotopic (exact) mass is 733 g/mol. The zero-order valence-electron chi connectivity index (χ0n) is 24.3. The van der Waals surface area contributed by atoms with Crippen molar-refractivity contribution in [3.05, 3.63) is 97.9 Å². The number of aromatic hydroxyl groups is 1. The Hall–Kier alpha value is -3.96. The molecule has 7 rings (SSSR count). The van der Waals surface area contributed by atoms with Gasteiger partial charge in [0.05, 0.1) is 40.4 Å².